The molecule has 0 fully saturated rings. The van der Waals surface area contributed by atoms with Crippen LogP contribution >= 0.6 is 23.2 Å². The van der Waals surface area contributed by atoms with Crippen molar-refractivity contribution in [3.8, 4) is 0 Å². The van der Waals surface area contributed by atoms with Crippen LogP contribution in [0.1, 0.15) is 24.5 Å². The van der Waals surface area contributed by atoms with E-state index < -0.39 is 0 Å². The largest absolute Gasteiger partial charge is 0.216 e. The van der Waals surface area contributed by atoms with Crippen molar-refractivity contribution < 1.29 is 0 Å². The van der Waals surface area contributed by atoms with Crippen molar-refractivity contribution in [3.05, 3.63) is 27.6 Å². The van der Waals surface area contributed by atoms with E-state index in [1.54, 1.807) is 10.7 Å². The molecular formula is C10H11Cl2N3. The number of hydrogen-bond acceptors (Lipinski definition) is 2. The first kappa shape index (κ1) is 10.7. The van der Waals surface area contributed by atoms with E-state index in [0.29, 0.717) is 10.3 Å². The summed E-state index contributed by atoms with van der Waals surface area (Å²) >= 11 is 12.3. The van der Waals surface area contributed by atoms with Crippen molar-refractivity contribution in [2.45, 2.75) is 26.7 Å². The number of nitrogens with zero attached hydrogens (tertiary/aromatic N) is 3. The molecule has 0 bridgehead atoms. The third kappa shape index (κ3) is 1.70. The molecule has 2 rings (SSSR count). The summed E-state index contributed by atoms with van der Waals surface area (Å²) in [5.74, 6) is 0. The van der Waals surface area contributed by atoms with Crippen LogP contribution < -0.4 is 0 Å². The van der Waals surface area contributed by atoms with Crippen molar-refractivity contribution >= 4 is 28.8 Å². The number of aromatic nitrogens is 3. The van der Waals surface area contributed by atoms with E-state index in [-0.39, 0.29) is 0 Å². The van der Waals surface area contributed by atoms with Crippen LogP contribution in [-0.2, 0) is 6.42 Å². The van der Waals surface area contributed by atoms with Crippen molar-refractivity contribution in [1.82, 2.24) is 14.6 Å². The maximum absolute atomic E-state index is 6.21. The second-order valence-electron chi connectivity index (χ2n) is 3.48. The second-order valence-corrected chi connectivity index (χ2v) is 4.20. The zero-order valence-electron chi connectivity index (χ0n) is 8.59. The van der Waals surface area contributed by atoms with Gasteiger partial charge in [0.2, 0.25) is 0 Å². The normalized spacial score (nSPS) is 11.2. The molecule has 0 aromatic carbocycles. The zero-order chi connectivity index (χ0) is 11.0. The van der Waals surface area contributed by atoms with Gasteiger partial charge in [-0.05, 0) is 13.3 Å². The van der Waals surface area contributed by atoms with Gasteiger partial charge < -0.3 is 0 Å². The lowest BCUT2D eigenvalue weighted by atomic mass is 10.2. The minimum Gasteiger partial charge on any atom is -0.216 e. The van der Waals surface area contributed by atoms with Gasteiger partial charge >= 0.3 is 0 Å². The maximum Gasteiger partial charge on any atom is 0.161 e. The van der Waals surface area contributed by atoms with Crippen LogP contribution in [0.5, 0.6) is 0 Å². The van der Waals surface area contributed by atoms with E-state index >= 15 is 0 Å². The number of aryl methyl sites for hydroxylation is 1. The molecule has 5 heteroatoms. The quantitative estimate of drug-likeness (QED) is 0.758. The highest BCUT2D eigenvalue weighted by Crippen LogP contribution is 2.26. The van der Waals surface area contributed by atoms with Gasteiger partial charge in [0, 0.05) is 11.1 Å². The monoisotopic (exact) mass is 243 g/mol. The van der Waals surface area contributed by atoms with Gasteiger partial charge in [0.05, 0.1) is 6.20 Å². The van der Waals surface area contributed by atoms with Crippen molar-refractivity contribution in [2.75, 3.05) is 0 Å². The van der Waals surface area contributed by atoms with E-state index in [2.05, 4.69) is 17.0 Å². The Kier molecular flexibility index (Phi) is 2.85. The fraction of sp³-hybridized carbons (Fsp3) is 0.400. The Hall–Kier alpha value is -0.800. The average molecular weight is 244 g/mol. The van der Waals surface area contributed by atoms with Crippen molar-refractivity contribution in [3.63, 3.8) is 0 Å². The van der Waals surface area contributed by atoms with E-state index in [0.717, 1.165) is 29.6 Å². The molecule has 0 radical (unpaired) electrons. The van der Waals surface area contributed by atoms with Crippen LogP contribution in [0, 0.1) is 6.92 Å². The number of rotatable bonds is 2. The predicted molar refractivity (Wildman–Crippen MR) is 61.7 cm³/mol. The van der Waals surface area contributed by atoms with Crippen molar-refractivity contribution in [2.24, 2.45) is 0 Å². The van der Waals surface area contributed by atoms with Crippen LogP contribution in [0.3, 0.4) is 0 Å². The van der Waals surface area contributed by atoms with Crippen LogP contribution in [0.2, 0.25) is 10.3 Å². The molecule has 0 aliphatic carbocycles. The summed E-state index contributed by atoms with van der Waals surface area (Å²) in [7, 11) is 0. The molecule has 0 unspecified atom stereocenters. The maximum atomic E-state index is 6.21. The first-order chi connectivity index (χ1) is 7.15. The van der Waals surface area contributed by atoms with E-state index in [4.69, 9.17) is 23.2 Å². The minimum atomic E-state index is 0.484. The topological polar surface area (TPSA) is 30.2 Å². The lowest BCUT2D eigenvalue weighted by Gasteiger charge is -2.06. The summed E-state index contributed by atoms with van der Waals surface area (Å²) in [6, 6.07) is 0. The Morgan fingerprint density at radius 1 is 1.40 bits per heavy atom. The molecule has 0 spiro atoms. The molecular weight excluding hydrogens is 233 g/mol. The molecule has 0 N–H and O–H groups in total. The highest BCUT2D eigenvalue weighted by Gasteiger charge is 2.13. The highest BCUT2D eigenvalue weighted by molar-refractivity contribution is 6.34. The first-order valence-electron chi connectivity index (χ1n) is 4.83. The molecule has 80 valence electrons. The molecule has 3 nitrogen and oxygen atoms in total. The molecule has 0 saturated carbocycles. The average Bonchev–Trinajstić information content (AvgIpc) is 2.55. The van der Waals surface area contributed by atoms with Crippen LogP contribution in [0.15, 0.2) is 6.20 Å². The summed E-state index contributed by atoms with van der Waals surface area (Å²) < 4.78 is 1.63. The third-order valence-corrected chi connectivity index (χ3v) is 3.01. The molecule has 2 heterocycles. The summed E-state index contributed by atoms with van der Waals surface area (Å²) in [5, 5.41) is 5.22. The summed E-state index contributed by atoms with van der Waals surface area (Å²) in [4.78, 5) is 4.30. The predicted octanol–water partition coefficient (Wildman–Crippen LogP) is 3.30. The molecule has 0 aliphatic rings. The van der Waals surface area contributed by atoms with E-state index in [1.807, 2.05) is 6.92 Å². The smallest absolute Gasteiger partial charge is 0.161 e. The molecule has 2 aromatic heterocycles. The van der Waals surface area contributed by atoms with Crippen LogP contribution in [-0.4, -0.2) is 14.6 Å². The van der Waals surface area contributed by atoms with Crippen LogP contribution in [0.25, 0.3) is 5.65 Å². The Morgan fingerprint density at radius 2 is 2.13 bits per heavy atom. The van der Waals surface area contributed by atoms with E-state index in [1.165, 1.54) is 0 Å². The number of fused-ring (bicyclic) bond motifs is 1. The summed E-state index contributed by atoms with van der Waals surface area (Å²) in [6.45, 7) is 4.01. The van der Waals surface area contributed by atoms with Crippen LogP contribution in [0.4, 0.5) is 0 Å². The lowest BCUT2D eigenvalue weighted by molar-refractivity contribution is 0.865. The molecule has 15 heavy (non-hydrogen) atoms. The van der Waals surface area contributed by atoms with Gasteiger partial charge in [0.25, 0.3) is 0 Å². The number of hydrogen-bond donors (Lipinski definition) is 0. The third-order valence-electron chi connectivity index (χ3n) is 2.31. The van der Waals surface area contributed by atoms with Gasteiger partial charge in [-0.25, -0.2) is 9.50 Å². The van der Waals surface area contributed by atoms with Crippen molar-refractivity contribution in [1.29, 1.82) is 0 Å². The highest BCUT2D eigenvalue weighted by atomic mass is 35.5. The van der Waals surface area contributed by atoms with Gasteiger partial charge in [0.15, 0.2) is 5.65 Å². The molecule has 0 atom stereocenters. The van der Waals surface area contributed by atoms with Gasteiger partial charge in [-0.2, -0.15) is 5.10 Å². The zero-order valence-corrected chi connectivity index (χ0v) is 10.1. The van der Waals surface area contributed by atoms with Gasteiger partial charge in [-0.15, -0.1) is 0 Å². The number of halogens is 2. The minimum absolute atomic E-state index is 0.484. The summed E-state index contributed by atoms with van der Waals surface area (Å²) in [6.07, 6.45) is 3.53. The van der Waals surface area contributed by atoms with Gasteiger partial charge in [-0.1, -0.05) is 36.5 Å². The van der Waals surface area contributed by atoms with E-state index in [9.17, 15) is 0 Å². The first-order valence-corrected chi connectivity index (χ1v) is 5.59. The molecule has 0 aliphatic heterocycles. The summed E-state index contributed by atoms with van der Waals surface area (Å²) in [5.41, 5.74) is 2.57. The SMILES string of the molecule is CCCc1c(Cl)nc2c(C)cnn2c1Cl. The lowest BCUT2D eigenvalue weighted by Crippen LogP contribution is -2.00. The fourth-order valence-corrected chi connectivity index (χ4v) is 2.15. The molecule has 0 saturated heterocycles. The fourth-order valence-electron chi connectivity index (χ4n) is 1.53. The van der Waals surface area contributed by atoms with Gasteiger partial charge in [-0.3, -0.25) is 0 Å². The second kappa shape index (κ2) is 3.99. The Labute approximate surface area is 98.0 Å². The Morgan fingerprint density at radius 3 is 2.80 bits per heavy atom. The Bertz CT molecular complexity index is 505. The standard InChI is InChI=1S/C10H11Cl2N3/c1-3-4-7-8(11)14-10-6(2)5-13-15(10)9(7)12/h5H,3-4H2,1-2H3. The Balaban J connectivity index is 2.73. The van der Waals surface area contributed by atoms with Gasteiger partial charge in [0.1, 0.15) is 10.3 Å². The molecule has 2 aromatic rings. The molecule has 0 amide bonds.